The standard InChI is InChI=1S/C18H33N5O2/c1-3-16(24)23-12-9-15(13-23)22-18(19-2)21-11-10-20-17(25)14-7-5-4-6-8-14/h14-15H,3-13H2,1-2H3,(H,20,25)(H2,19,21,22). The van der Waals surface area contributed by atoms with Crippen LogP contribution in [0.1, 0.15) is 51.9 Å². The van der Waals surface area contributed by atoms with E-state index in [1.54, 1.807) is 7.05 Å². The van der Waals surface area contributed by atoms with Gasteiger partial charge < -0.3 is 20.9 Å². The maximum atomic E-state index is 12.1. The van der Waals surface area contributed by atoms with Gasteiger partial charge in [0, 0.05) is 51.6 Å². The van der Waals surface area contributed by atoms with Crippen LogP contribution < -0.4 is 16.0 Å². The van der Waals surface area contributed by atoms with Crippen LogP contribution >= 0.6 is 0 Å². The highest BCUT2D eigenvalue weighted by Gasteiger charge is 2.25. The number of carbonyl (C=O) groups excluding carboxylic acids is 2. The second kappa shape index (κ2) is 10.3. The third kappa shape index (κ3) is 6.21. The number of guanidine groups is 1. The van der Waals surface area contributed by atoms with Crippen molar-refractivity contribution in [3.63, 3.8) is 0 Å². The summed E-state index contributed by atoms with van der Waals surface area (Å²) in [5.41, 5.74) is 0. The van der Waals surface area contributed by atoms with E-state index in [1.807, 2.05) is 11.8 Å². The zero-order valence-electron chi connectivity index (χ0n) is 15.6. The molecule has 2 fully saturated rings. The molecule has 2 amide bonds. The quantitative estimate of drug-likeness (QED) is 0.376. The first-order valence-electron chi connectivity index (χ1n) is 9.66. The van der Waals surface area contributed by atoms with Crippen LogP contribution in [0.2, 0.25) is 0 Å². The highest BCUT2D eigenvalue weighted by molar-refractivity contribution is 5.81. The fourth-order valence-corrected chi connectivity index (χ4v) is 3.59. The predicted octanol–water partition coefficient (Wildman–Crippen LogP) is 0.859. The fraction of sp³-hybridized carbons (Fsp3) is 0.833. The summed E-state index contributed by atoms with van der Waals surface area (Å²) >= 11 is 0. The number of aliphatic imine (C=N–C) groups is 1. The van der Waals surface area contributed by atoms with E-state index < -0.39 is 0 Å². The zero-order chi connectivity index (χ0) is 18.1. The molecule has 1 aliphatic carbocycles. The van der Waals surface area contributed by atoms with E-state index in [4.69, 9.17) is 0 Å². The van der Waals surface area contributed by atoms with Crippen molar-refractivity contribution in [2.75, 3.05) is 33.2 Å². The molecule has 1 aliphatic heterocycles. The van der Waals surface area contributed by atoms with E-state index in [2.05, 4.69) is 20.9 Å². The Morgan fingerprint density at radius 3 is 2.48 bits per heavy atom. The van der Waals surface area contributed by atoms with Gasteiger partial charge in [-0.25, -0.2) is 0 Å². The molecular formula is C18H33N5O2. The van der Waals surface area contributed by atoms with Crippen LogP contribution in [0, 0.1) is 5.92 Å². The lowest BCUT2D eigenvalue weighted by Gasteiger charge is -2.21. The largest absolute Gasteiger partial charge is 0.355 e. The molecule has 2 rings (SSSR count). The molecule has 0 aromatic carbocycles. The molecule has 1 atom stereocenters. The molecule has 1 saturated heterocycles. The Labute approximate surface area is 151 Å². The first-order chi connectivity index (χ1) is 12.1. The molecule has 7 nitrogen and oxygen atoms in total. The van der Waals surface area contributed by atoms with Crippen LogP contribution in [-0.4, -0.2) is 61.9 Å². The summed E-state index contributed by atoms with van der Waals surface area (Å²) in [6.45, 7) is 4.67. The molecule has 1 saturated carbocycles. The number of carbonyl (C=O) groups is 2. The zero-order valence-corrected chi connectivity index (χ0v) is 15.6. The van der Waals surface area contributed by atoms with E-state index in [9.17, 15) is 9.59 Å². The first-order valence-corrected chi connectivity index (χ1v) is 9.66. The van der Waals surface area contributed by atoms with Crippen molar-refractivity contribution in [3.05, 3.63) is 0 Å². The summed E-state index contributed by atoms with van der Waals surface area (Å²) in [7, 11) is 1.74. The Kier molecular flexibility index (Phi) is 8.01. The lowest BCUT2D eigenvalue weighted by Crippen LogP contribution is -2.47. The Balaban J connectivity index is 1.62. The summed E-state index contributed by atoms with van der Waals surface area (Å²) in [5, 5.41) is 9.61. The molecule has 2 aliphatic rings. The molecule has 0 aromatic rings. The summed E-state index contributed by atoms with van der Waals surface area (Å²) < 4.78 is 0. The van der Waals surface area contributed by atoms with Gasteiger partial charge in [0.2, 0.25) is 11.8 Å². The van der Waals surface area contributed by atoms with E-state index in [-0.39, 0.29) is 23.8 Å². The molecule has 3 N–H and O–H groups in total. The van der Waals surface area contributed by atoms with Gasteiger partial charge in [-0.2, -0.15) is 0 Å². The minimum absolute atomic E-state index is 0.189. The van der Waals surface area contributed by atoms with Crippen molar-refractivity contribution in [1.82, 2.24) is 20.9 Å². The summed E-state index contributed by atoms with van der Waals surface area (Å²) in [6, 6.07) is 0.235. The van der Waals surface area contributed by atoms with Gasteiger partial charge in [-0.1, -0.05) is 26.2 Å². The number of amides is 2. The van der Waals surface area contributed by atoms with Crippen molar-refractivity contribution < 1.29 is 9.59 Å². The van der Waals surface area contributed by atoms with Crippen molar-refractivity contribution in [2.24, 2.45) is 10.9 Å². The molecule has 0 bridgehead atoms. The van der Waals surface area contributed by atoms with Crippen molar-refractivity contribution >= 4 is 17.8 Å². The fourth-order valence-electron chi connectivity index (χ4n) is 3.59. The molecule has 142 valence electrons. The third-order valence-corrected chi connectivity index (χ3v) is 5.10. The van der Waals surface area contributed by atoms with Crippen LogP contribution in [0.15, 0.2) is 4.99 Å². The van der Waals surface area contributed by atoms with Crippen LogP contribution in [0.25, 0.3) is 0 Å². The lowest BCUT2D eigenvalue weighted by atomic mass is 9.89. The Morgan fingerprint density at radius 1 is 1.08 bits per heavy atom. The minimum atomic E-state index is 0.189. The van der Waals surface area contributed by atoms with Gasteiger partial charge in [-0.3, -0.25) is 14.6 Å². The Hall–Kier alpha value is -1.79. The number of likely N-dealkylation sites (tertiary alicyclic amines) is 1. The van der Waals surface area contributed by atoms with Crippen LogP contribution in [0.5, 0.6) is 0 Å². The van der Waals surface area contributed by atoms with Gasteiger partial charge in [0.1, 0.15) is 0 Å². The molecule has 7 heteroatoms. The highest BCUT2D eigenvalue weighted by atomic mass is 16.2. The smallest absolute Gasteiger partial charge is 0.223 e. The number of hydrogen-bond donors (Lipinski definition) is 3. The van der Waals surface area contributed by atoms with Gasteiger partial charge >= 0.3 is 0 Å². The molecule has 0 aromatic heterocycles. The van der Waals surface area contributed by atoms with E-state index >= 15 is 0 Å². The van der Waals surface area contributed by atoms with Gasteiger partial charge in [0.15, 0.2) is 5.96 Å². The van der Waals surface area contributed by atoms with Crippen molar-refractivity contribution in [3.8, 4) is 0 Å². The van der Waals surface area contributed by atoms with E-state index in [1.165, 1.54) is 19.3 Å². The SMILES string of the molecule is CCC(=O)N1CCC(NC(=NC)NCCNC(=O)C2CCCCC2)C1. The van der Waals surface area contributed by atoms with Crippen LogP contribution in [-0.2, 0) is 9.59 Å². The Bertz CT molecular complexity index is 474. The predicted molar refractivity (Wildman–Crippen MR) is 99.4 cm³/mol. The van der Waals surface area contributed by atoms with Crippen LogP contribution in [0.4, 0.5) is 0 Å². The summed E-state index contributed by atoms with van der Waals surface area (Å²) in [4.78, 5) is 30.0. The second-order valence-corrected chi connectivity index (χ2v) is 6.95. The number of nitrogens with zero attached hydrogens (tertiary/aromatic N) is 2. The number of nitrogens with one attached hydrogen (secondary N) is 3. The molecule has 0 spiro atoms. The summed E-state index contributed by atoms with van der Waals surface area (Å²) in [6.07, 6.45) is 7.15. The van der Waals surface area contributed by atoms with E-state index in [0.29, 0.717) is 19.5 Å². The maximum Gasteiger partial charge on any atom is 0.223 e. The van der Waals surface area contributed by atoms with E-state index in [0.717, 1.165) is 38.3 Å². The topological polar surface area (TPSA) is 85.8 Å². The molecule has 1 heterocycles. The van der Waals surface area contributed by atoms with Crippen LogP contribution in [0.3, 0.4) is 0 Å². The van der Waals surface area contributed by atoms with Gasteiger partial charge in [-0.15, -0.1) is 0 Å². The molecule has 0 radical (unpaired) electrons. The molecular weight excluding hydrogens is 318 g/mol. The lowest BCUT2D eigenvalue weighted by molar-refractivity contribution is -0.129. The number of hydrogen-bond acceptors (Lipinski definition) is 3. The number of rotatable bonds is 6. The van der Waals surface area contributed by atoms with Gasteiger partial charge in [-0.05, 0) is 19.3 Å². The first kappa shape index (κ1) is 19.5. The van der Waals surface area contributed by atoms with Crippen molar-refractivity contribution in [1.29, 1.82) is 0 Å². The summed E-state index contributed by atoms with van der Waals surface area (Å²) in [5.74, 6) is 1.32. The second-order valence-electron chi connectivity index (χ2n) is 6.95. The monoisotopic (exact) mass is 351 g/mol. The maximum absolute atomic E-state index is 12.1. The molecule has 1 unspecified atom stereocenters. The highest BCUT2D eigenvalue weighted by Crippen LogP contribution is 2.23. The van der Waals surface area contributed by atoms with Gasteiger partial charge in [0.25, 0.3) is 0 Å². The van der Waals surface area contributed by atoms with Gasteiger partial charge in [0.05, 0.1) is 0 Å². The third-order valence-electron chi connectivity index (χ3n) is 5.10. The average molecular weight is 351 g/mol. The van der Waals surface area contributed by atoms with Crippen molar-refractivity contribution in [2.45, 2.75) is 57.9 Å². The Morgan fingerprint density at radius 2 is 1.80 bits per heavy atom. The normalized spacial score (nSPS) is 21.9. The molecule has 25 heavy (non-hydrogen) atoms. The average Bonchev–Trinajstić information content (AvgIpc) is 3.12. The minimum Gasteiger partial charge on any atom is -0.355 e.